The Hall–Kier alpha value is -1.30. The summed E-state index contributed by atoms with van der Waals surface area (Å²) in [4.78, 5) is 20.8. The average molecular weight is 323 g/mol. The molecule has 1 heterocycles. The molecular formula is C17H33N5O. The number of rotatable bonds is 7. The number of likely N-dealkylation sites (N-methyl/N-ethyl adjacent to an activating group) is 1. The van der Waals surface area contributed by atoms with E-state index in [-0.39, 0.29) is 5.91 Å². The van der Waals surface area contributed by atoms with Crippen LogP contribution in [-0.2, 0) is 4.79 Å². The van der Waals surface area contributed by atoms with Crippen molar-refractivity contribution < 1.29 is 4.79 Å². The van der Waals surface area contributed by atoms with Crippen LogP contribution in [0.2, 0.25) is 0 Å². The van der Waals surface area contributed by atoms with Gasteiger partial charge in [-0.15, -0.1) is 0 Å². The quantitative estimate of drug-likeness (QED) is 0.540. The SMILES string of the molecule is CCN(CCNC(=NC)N1CCC(CC(=O)NC)CC1)C1CC1. The number of hydrogen-bond acceptors (Lipinski definition) is 3. The Balaban J connectivity index is 1.69. The van der Waals surface area contributed by atoms with E-state index in [2.05, 4.69) is 32.3 Å². The Labute approximate surface area is 140 Å². The maximum Gasteiger partial charge on any atom is 0.220 e. The molecule has 2 N–H and O–H groups in total. The number of guanidine groups is 1. The van der Waals surface area contributed by atoms with Crippen molar-refractivity contribution in [1.29, 1.82) is 0 Å². The van der Waals surface area contributed by atoms with Crippen molar-refractivity contribution in [3.63, 3.8) is 0 Å². The minimum Gasteiger partial charge on any atom is -0.359 e. The van der Waals surface area contributed by atoms with E-state index in [9.17, 15) is 4.79 Å². The molecule has 0 atom stereocenters. The fourth-order valence-electron chi connectivity index (χ4n) is 3.40. The molecule has 0 bridgehead atoms. The monoisotopic (exact) mass is 323 g/mol. The molecule has 0 radical (unpaired) electrons. The van der Waals surface area contributed by atoms with Gasteiger partial charge in [-0.3, -0.25) is 14.7 Å². The van der Waals surface area contributed by atoms with E-state index in [0.29, 0.717) is 12.3 Å². The van der Waals surface area contributed by atoms with Gasteiger partial charge >= 0.3 is 0 Å². The molecule has 0 unspecified atom stereocenters. The first-order valence-electron chi connectivity index (χ1n) is 9.08. The lowest BCUT2D eigenvalue weighted by Gasteiger charge is -2.34. The summed E-state index contributed by atoms with van der Waals surface area (Å²) in [7, 11) is 3.57. The third-order valence-electron chi connectivity index (χ3n) is 5.03. The second kappa shape index (κ2) is 9.11. The van der Waals surface area contributed by atoms with Crippen molar-refractivity contribution in [2.24, 2.45) is 10.9 Å². The van der Waals surface area contributed by atoms with Crippen LogP contribution in [0.15, 0.2) is 4.99 Å². The van der Waals surface area contributed by atoms with Crippen LogP contribution >= 0.6 is 0 Å². The molecule has 0 aromatic rings. The highest BCUT2D eigenvalue weighted by Gasteiger charge is 2.27. The molecule has 0 aromatic heterocycles. The van der Waals surface area contributed by atoms with Crippen molar-refractivity contribution in [2.75, 3.05) is 46.8 Å². The molecule has 1 saturated heterocycles. The molecule has 0 spiro atoms. The molecule has 6 heteroatoms. The van der Waals surface area contributed by atoms with Crippen molar-refractivity contribution >= 4 is 11.9 Å². The Morgan fingerprint density at radius 3 is 2.48 bits per heavy atom. The van der Waals surface area contributed by atoms with Crippen LogP contribution in [-0.4, -0.2) is 74.5 Å². The molecule has 2 aliphatic rings. The molecule has 6 nitrogen and oxygen atoms in total. The highest BCUT2D eigenvalue weighted by atomic mass is 16.1. The molecule has 132 valence electrons. The molecular weight excluding hydrogens is 290 g/mol. The number of nitrogens with one attached hydrogen (secondary N) is 2. The number of nitrogens with zero attached hydrogens (tertiary/aromatic N) is 3. The van der Waals surface area contributed by atoms with Gasteiger partial charge in [-0.25, -0.2) is 0 Å². The van der Waals surface area contributed by atoms with Crippen LogP contribution in [0.25, 0.3) is 0 Å². The van der Waals surface area contributed by atoms with Crippen LogP contribution in [0, 0.1) is 5.92 Å². The smallest absolute Gasteiger partial charge is 0.220 e. The van der Waals surface area contributed by atoms with E-state index in [0.717, 1.165) is 57.6 Å². The number of carbonyl (C=O) groups excluding carboxylic acids is 1. The zero-order valence-corrected chi connectivity index (χ0v) is 15.0. The Bertz CT molecular complexity index is 400. The second-order valence-corrected chi connectivity index (χ2v) is 6.64. The number of piperidine rings is 1. The Morgan fingerprint density at radius 1 is 1.26 bits per heavy atom. The predicted octanol–water partition coefficient (Wildman–Crippen LogP) is 0.894. The van der Waals surface area contributed by atoms with E-state index in [1.165, 1.54) is 12.8 Å². The summed E-state index contributed by atoms with van der Waals surface area (Å²) < 4.78 is 0. The zero-order valence-electron chi connectivity index (χ0n) is 15.0. The maximum atomic E-state index is 11.5. The van der Waals surface area contributed by atoms with Crippen LogP contribution in [0.4, 0.5) is 0 Å². The second-order valence-electron chi connectivity index (χ2n) is 6.64. The van der Waals surface area contributed by atoms with Crippen LogP contribution in [0.1, 0.15) is 39.0 Å². The summed E-state index contributed by atoms with van der Waals surface area (Å²) in [6.07, 6.45) is 5.51. The van der Waals surface area contributed by atoms with Crippen molar-refractivity contribution in [3.8, 4) is 0 Å². The molecule has 1 aliphatic carbocycles. The zero-order chi connectivity index (χ0) is 16.7. The van der Waals surface area contributed by atoms with E-state index < -0.39 is 0 Å². The Morgan fingerprint density at radius 2 is 1.96 bits per heavy atom. The molecule has 0 aromatic carbocycles. The maximum absolute atomic E-state index is 11.5. The van der Waals surface area contributed by atoms with Gasteiger partial charge in [-0.2, -0.15) is 0 Å². The van der Waals surface area contributed by atoms with Crippen molar-refractivity contribution in [3.05, 3.63) is 0 Å². The van der Waals surface area contributed by atoms with Gasteiger partial charge < -0.3 is 15.5 Å². The average Bonchev–Trinajstić information content (AvgIpc) is 3.41. The summed E-state index contributed by atoms with van der Waals surface area (Å²) in [5, 5.41) is 6.23. The Kier molecular flexibility index (Phi) is 7.15. The van der Waals surface area contributed by atoms with Gasteiger partial charge in [-0.05, 0) is 38.1 Å². The van der Waals surface area contributed by atoms with Crippen molar-refractivity contribution in [2.45, 2.75) is 45.1 Å². The molecule has 1 aliphatic heterocycles. The van der Waals surface area contributed by atoms with Gasteiger partial charge in [0.1, 0.15) is 0 Å². The summed E-state index contributed by atoms with van der Waals surface area (Å²) in [5.41, 5.74) is 0. The number of aliphatic imine (C=N–C) groups is 1. The number of amides is 1. The molecule has 2 fully saturated rings. The lowest BCUT2D eigenvalue weighted by atomic mass is 9.93. The normalized spacial score (nSPS) is 20.0. The highest BCUT2D eigenvalue weighted by molar-refractivity contribution is 5.80. The first kappa shape index (κ1) is 18.0. The lowest BCUT2D eigenvalue weighted by Crippen LogP contribution is -2.47. The third-order valence-corrected chi connectivity index (χ3v) is 5.03. The number of likely N-dealkylation sites (tertiary alicyclic amines) is 1. The van der Waals surface area contributed by atoms with Gasteiger partial charge in [-0.1, -0.05) is 6.92 Å². The van der Waals surface area contributed by atoms with Crippen molar-refractivity contribution in [1.82, 2.24) is 20.4 Å². The third kappa shape index (κ3) is 5.68. The van der Waals surface area contributed by atoms with Crippen LogP contribution < -0.4 is 10.6 Å². The van der Waals surface area contributed by atoms with Gasteiger partial charge in [0.25, 0.3) is 0 Å². The summed E-state index contributed by atoms with van der Waals surface area (Å²) in [6, 6.07) is 0.823. The first-order chi connectivity index (χ1) is 11.2. The molecule has 23 heavy (non-hydrogen) atoms. The highest BCUT2D eigenvalue weighted by Crippen LogP contribution is 2.25. The van der Waals surface area contributed by atoms with E-state index in [1.54, 1.807) is 7.05 Å². The van der Waals surface area contributed by atoms with E-state index in [4.69, 9.17) is 0 Å². The lowest BCUT2D eigenvalue weighted by molar-refractivity contribution is -0.121. The standard InChI is InChI=1S/C17H33N5O/c1-4-21(15-5-6-15)12-9-20-17(19-3)22-10-7-14(8-11-22)13-16(23)18-2/h14-15H,4-13H2,1-3H3,(H,18,23)(H,19,20). The van der Waals surface area contributed by atoms with Crippen LogP contribution in [0.5, 0.6) is 0 Å². The summed E-state index contributed by atoms with van der Waals surface area (Å²) in [5.74, 6) is 1.68. The molecule has 1 saturated carbocycles. The molecule has 2 rings (SSSR count). The summed E-state index contributed by atoms with van der Waals surface area (Å²) in [6.45, 7) is 7.39. The largest absolute Gasteiger partial charge is 0.359 e. The first-order valence-corrected chi connectivity index (χ1v) is 9.08. The fraction of sp³-hybridized carbons (Fsp3) is 0.882. The van der Waals surface area contributed by atoms with Gasteiger partial charge in [0.15, 0.2) is 5.96 Å². The number of carbonyl (C=O) groups is 1. The minimum absolute atomic E-state index is 0.158. The van der Waals surface area contributed by atoms with Crippen LogP contribution in [0.3, 0.4) is 0 Å². The van der Waals surface area contributed by atoms with E-state index in [1.807, 2.05) is 7.05 Å². The molecule has 1 amide bonds. The topological polar surface area (TPSA) is 60.0 Å². The van der Waals surface area contributed by atoms with E-state index >= 15 is 0 Å². The van der Waals surface area contributed by atoms with Gasteiger partial charge in [0.05, 0.1) is 0 Å². The number of hydrogen-bond donors (Lipinski definition) is 2. The minimum atomic E-state index is 0.158. The van der Waals surface area contributed by atoms with Gasteiger partial charge in [0.2, 0.25) is 5.91 Å². The van der Waals surface area contributed by atoms with Gasteiger partial charge in [0, 0.05) is 52.7 Å². The fourth-order valence-corrected chi connectivity index (χ4v) is 3.40. The summed E-state index contributed by atoms with van der Waals surface area (Å²) >= 11 is 0. The predicted molar refractivity (Wildman–Crippen MR) is 94.6 cm³/mol.